The van der Waals surface area contributed by atoms with Crippen LogP contribution in [-0.2, 0) is 16.6 Å². The maximum absolute atomic E-state index is 12.4. The number of hydrogen-bond acceptors (Lipinski definition) is 5. The number of amides is 2. The standard InChI is InChI=1S/C17H24N4O3.C2HF3O2/c1-20-9-12(8-18-20)15(23)19-13-6-17(7-13)2-3-21(10-17)16(24)11-4-14(22)5-11;3-2(4,5)1(6)7/h8-9,11,13-14,22H,2-7,10H2,1H3,(H,19,23);(H,6,7). The van der Waals surface area contributed by atoms with Gasteiger partial charge in [0.25, 0.3) is 5.91 Å². The third kappa shape index (κ3) is 5.35. The molecule has 0 aromatic carbocycles. The number of aliphatic carboxylic acids is 1. The molecule has 12 heteroatoms. The topological polar surface area (TPSA) is 125 Å². The minimum atomic E-state index is -5.08. The van der Waals surface area contributed by atoms with Gasteiger partial charge >= 0.3 is 12.1 Å². The lowest BCUT2D eigenvalue weighted by molar-refractivity contribution is -0.192. The van der Waals surface area contributed by atoms with Crippen LogP contribution in [0.5, 0.6) is 0 Å². The van der Waals surface area contributed by atoms with Gasteiger partial charge in [-0.15, -0.1) is 0 Å². The van der Waals surface area contributed by atoms with Crippen LogP contribution in [0, 0.1) is 11.3 Å². The molecular formula is C19H25F3N4O5. The number of aliphatic hydroxyl groups excluding tert-OH is 1. The van der Waals surface area contributed by atoms with Gasteiger partial charge in [-0.3, -0.25) is 14.3 Å². The van der Waals surface area contributed by atoms with E-state index in [1.54, 1.807) is 24.1 Å². The van der Waals surface area contributed by atoms with Crippen molar-refractivity contribution in [3.63, 3.8) is 0 Å². The summed E-state index contributed by atoms with van der Waals surface area (Å²) < 4.78 is 33.4. The molecule has 3 fully saturated rings. The number of nitrogens with zero attached hydrogens (tertiary/aromatic N) is 3. The Balaban J connectivity index is 0.000000339. The fraction of sp³-hybridized carbons (Fsp3) is 0.684. The molecule has 1 saturated heterocycles. The minimum Gasteiger partial charge on any atom is -0.475 e. The number of aryl methyl sites for hydroxylation is 1. The van der Waals surface area contributed by atoms with E-state index in [0.717, 1.165) is 32.4 Å². The van der Waals surface area contributed by atoms with Gasteiger partial charge in [-0.1, -0.05) is 0 Å². The molecule has 1 aliphatic heterocycles. The predicted octanol–water partition coefficient (Wildman–Crippen LogP) is 0.935. The molecule has 31 heavy (non-hydrogen) atoms. The van der Waals surface area contributed by atoms with Crippen LogP contribution in [-0.4, -0.2) is 74.1 Å². The lowest BCUT2D eigenvalue weighted by Crippen LogP contribution is -2.52. The average Bonchev–Trinajstić information content (AvgIpc) is 3.25. The van der Waals surface area contributed by atoms with Crippen LogP contribution in [0.4, 0.5) is 13.2 Å². The summed E-state index contributed by atoms with van der Waals surface area (Å²) in [6.07, 6.45) is 2.06. The van der Waals surface area contributed by atoms with Gasteiger partial charge in [-0.05, 0) is 37.5 Å². The van der Waals surface area contributed by atoms with Crippen LogP contribution in [0.1, 0.15) is 42.5 Å². The van der Waals surface area contributed by atoms with Crippen molar-refractivity contribution in [2.45, 2.75) is 50.4 Å². The number of rotatable bonds is 3. The van der Waals surface area contributed by atoms with E-state index in [1.807, 2.05) is 4.90 Å². The Bertz CT molecular complexity index is 844. The van der Waals surface area contributed by atoms with Crippen molar-refractivity contribution in [3.05, 3.63) is 18.0 Å². The van der Waals surface area contributed by atoms with E-state index >= 15 is 0 Å². The summed E-state index contributed by atoms with van der Waals surface area (Å²) >= 11 is 0. The Kier molecular flexibility index (Phi) is 6.30. The Morgan fingerprint density at radius 3 is 2.35 bits per heavy atom. The molecule has 1 aromatic heterocycles. The van der Waals surface area contributed by atoms with E-state index in [0.29, 0.717) is 18.4 Å². The molecule has 2 aliphatic carbocycles. The van der Waals surface area contributed by atoms with Crippen LogP contribution in [0.25, 0.3) is 0 Å². The summed E-state index contributed by atoms with van der Waals surface area (Å²) in [6, 6.07) is 0.193. The predicted molar refractivity (Wildman–Crippen MR) is 99.7 cm³/mol. The van der Waals surface area contributed by atoms with Gasteiger partial charge in [-0.2, -0.15) is 18.3 Å². The largest absolute Gasteiger partial charge is 0.490 e. The minimum absolute atomic E-state index is 0.0244. The summed E-state index contributed by atoms with van der Waals surface area (Å²) in [4.78, 5) is 35.4. The lowest BCUT2D eigenvalue weighted by atomic mass is 9.65. The zero-order valence-electron chi connectivity index (χ0n) is 16.9. The Morgan fingerprint density at radius 2 is 1.87 bits per heavy atom. The number of halogens is 3. The number of aromatic nitrogens is 2. The fourth-order valence-electron chi connectivity index (χ4n) is 4.40. The highest BCUT2D eigenvalue weighted by atomic mass is 19.4. The molecule has 0 atom stereocenters. The highest BCUT2D eigenvalue weighted by molar-refractivity contribution is 5.94. The first-order valence-electron chi connectivity index (χ1n) is 9.95. The molecule has 1 aromatic rings. The number of aliphatic hydroxyl groups is 1. The van der Waals surface area contributed by atoms with Gasteiger partial charge in [0.1, 0.15) is 0 Å². The molecule has 0 bridgehead atoms. The van der Waals surface area contributed by atoms with Crippen LogP contribution in [0.2, 0.25) is 0 Å². The lowest BCUT2D eigenvalue weighted by Gasteiger charge is -2.45. The number of carbonyl (C=O) groups excluding carboxylic acids is 2. The van der Waals surface area contributed by atoms with Gasteiger partial charge in [0.05, 0.1) is 17.9 Å². The van der Waals surface area contributed by atoms with Gasteiger partial charge in [0, 0.05) is 38.3 Å². The van der Waals surface area contributed by atoms with Crippen molar-refractivity contribution in [1.29, 1.82) is 0 Å². The van der Waals surface area contributed by atoms with Gasteiger partial charge in [-0.25, -0.2) is 4.79 Å². The first kappa shape index (κ1) is 23.0. The highest BCUT2D eigenvalue weighted by Crippen LogP contribution is 2.49. The third-order valence-corrected chi connectivity index (χ3v) is 6.12. The van der Waals surface area contributed by atoms with Crippen molar-refractivity contribution in [1.82, 2.24) is 20.0 Å². The quantitative estimate of drug-likeness (QED) is 0.635. The Hall–Kier alpha value is -2.63. The molecule has 0 radical (unpaired) electrons. The summed E-state index contributed by atoms with van der Waals surface area (Å²) in [7, 11) is 1.79. The second-order valence-corrected chi connectivity index (χ2v) is 8.62. The van der Waals surface area contributed by atoms with E-state index < -0.39 is 12.1 Å². The Morgan fingerprint density at radius 1 is 1.26 bits per heavy atom. The van der Waals surface area contributed by atoms with Crippen LogP contribution < -0.4 is 5.32 Å². The number of likely N-dealkylation sites (tertiary alicyclic amines) is 1. The zero-order chi connectivity index (χ0) is 23.0. The summed E-state index contributed by atoms with van der Waals surface area (Å²) in [5.41, 5.74) is 0.774. The van der Waals surface area contributed by atoms with Crippen LogP contribution in [0.3, 0.4) is 0 Å². The normalized spacial score (nSPS) is 29.5. The molecule has 2 amide bonds. The number of nitrogens with one attached hydrogen (secondary N) is 1. The molecule has 9 nitrogen and oxygen atoms in total. The van der Waals surface area contributed by atoms with Crippen molar-refractivity contribution in [2.24, 2.45) is 18.4 Å². The molecule has 3 aliphatic rings. The number of carboxylic acids is 1. The van der Waals surface area contributed by atoms with E-state index in [-0.39, 0.29) is 35.3 Å². The van der Waals surface area contributed by atoms with E-state index in [2.05, 4.69) is 10.4 Å². The maximum atomic E-state index is 12.4. The van der Waals surface area contributed by atoms with Gasteiger partial charge in [0.2, 0.25) is 5.91 Å². The zero-order valence-corrected chi connectivity index (χ0v) is 16.9. The molecule has 2 saturated carbocycles. The number of alkyl halides is 3. The second-order valence-electron chi connectivity index (χ2n) is 8.62. The molecular weight excluding hydrogens is 421 g/mol. The summed E-state index contributed by atoms with van der Waals surface area (Å²) in [5.74, 6) is -2.60. The monoisotopic (exact) mass is 446 g/mol. The molecule has 0 unspecified atom stereocenters. The van der Waals surface area contributed by atoms with Crippen molar-refractivity contribution in [2.75, 3.05) is 13.1 Å². The number of carboxylic acid groups (broad SMARTS) is 1. The summed E-state index contributed by atoms with van der Waals surface area (Å²) in [6.45, 7) is 1.62. The van der Waals surface area contributed by atoms with E-state index in [4.69, 9.17) is 9.90 Å². The smallest absolute Gasteiger partial charge is 0.475 e. The first-order valence-corrected chi connectivity index (χ1v) is 9.95. The summed E-state index contributed by atoms with van der Waals surface area (Å²) in [5, 5.41) is 23.6. The van der Waals surface area contributed by atoms with Crippen molar-refractivity contribution < 1.29 is 37.8 Å². The molecule has 1 spiro atoms. The third-order valence-electron chi connectivity index (χ3n) is 6.12. The maximum Gasteiger partial charge on any atom is 0.490 e. The van der Waals surface area contributed by atoms with Crippen molar-refractivity contribution in [3.8, 4) is 0 Å². The first-order chi connectivity index (χ1) is 14.4. The molecule has 2 heterocycles. The molecule has 172 valence electrons. The Labute approximate surface area is 176 Å². The highest BCUT2D eigenvalue weighted by Gasteiger charge is 2.51. The van der Waals surface area contributed by atoms with Gasteiger partial charge < -0.3 is 20.4 Å². The van der Waals surface area contributed by atoms with E-state index in [1.165, 1.54) is 0 Å². The number of hydrogen-bond donors (Lipinski definition) is 3. The second kappa shape index (κ2) is 8.48. The van der Waals surface area contributed by atoms with Crippen molar-refractivity contribution >= 4 is 17.8 Å². The van der Waals surface area contributed by atoms with Crippen LogP contribution in [0.15, 0.2) is 12.4 Å². The molecule has 3 N–H and O–H groups in total. The molecule has 4 rings (SSSR count). The van der Waals surface area contributed by atoms with Gasteiger partial charge in [0.15, 0.2) is 0 Å². The van der Waals surface area contributed by atoms with Crippen LogP contribution >= 0.6 is 0 Å². The fourth-order valence-corrected chi connectivity index (χ4v) is 4.40. The average molecular weight is 446 g/mol. The van der Waals surface area contributed by atoms with E-state index in [9.17, 15) is 27.9 Å². The SMILES string of the molecule is Cn1cc(C(=O)NC2CC3(CCN(C(=O)C4CC(O)C4)C3)C2)cn1.O=C(O)C(F)(F)F. The number of carbonyl (C=O) groups is 3.